The normalized spacial score (nSPS) is 18.8. The van der Waals surface area contributed by atoms with Crippen LogP contribution in [-0.4, -0.2) is 23.2 Å². The van der Waals surface area contributed by atoms with E-state index in [1.807, 2.05) is 6.07 Å². The fourth-order valence-corrected chi connectivity index (χ4v) is 1.89. The maximum Gasteiger partial charge on any atom is 0.196 e. The topological polar surface area (TPSA) is 35.0 Å². The summed E-state index contributed by atoms with van der Waals surface area (Å²) < 4.78 is 5.97. The molecule has 3 nitrogen and oxygen atoms in total. The van der Waals surface area contributed by atoms with Gasteiger partial charge < -0.3 is 4.74 Å². The molecule has 0 unspecified atom stereocenters. The van der Waals surface area contributed by atoms with E-state index in [0.29, 0.717) is 10.7 Å². The molecule has 1 aromatic rings. The van der Waals surface area contributed by atoms with Crippen LogP contribution in [0, 0.1) is 0 Å². The molecule has 0 amide bonds. The summed E-state index contributed by atoms with van der Waals surface area (Å²) >= 11 is 3.28. The Labute approximate surface area is 85.7 Å². The average Bonchev–Trinajstić information content (AvgIpc) is 2.19. The monoisotopic (exact) mass is 242 g/mol. The first-order chi connectivity index (χ1) is 6.36. The minimum atomic E-state index is 0.549. The van der Waals surface area contributed by atoms with E-state index in [1.54, 1.807) is 6.20 Å². The Morgan fingerprint density at radius 2 is 2.15 bits per heavy atom. The van der Waals surface area contributed by atoms with Crippen molar-refractivity contribution in [3.8, 4) is 0 Å². The molecule has 0 N–H and O–H groups in total. The lowest BCUT2D eigenvalue weighted by molar-refractivity contribution is 0.0844. The van der Waals surface area contributed by atoms with Crippen LogP contribution in [0.25, 0.3) is 0 Å². The maximum atomic E-state index is 5.30. The standard InChI is InChI=1S/C9H11BrN2O/c10-9-11-4-1-8(12-9)7-2-5-13-6-3-7/h1,4,7H,2-3,5-6H2. The number of aromatic nitrogens is 2. The van der Waals surface area contributed by atoms with Gasteiger partial charge in [-0.3, -0.25) is 0 Å². The van der Waals surface area contributed by atoms with E-state index in [2.05, 4.69) is 25.9 Å². The van der Waals surface area contributed by atoms with Crippen LogP contribution < -0.4 is 0 Å². The summed E-state index contributed by atoms with van der Waals surface area (Å²) in [6, 6.07) is 1.99. The number of ether oxygens (including phenoxy) is 1. The molecular formula is C9H11BrN2O. The quantitative estimate of drug-likeness (QED) is 0.709. The predicted octanol–water partition coefficient (Wildman–Crippen LogP) is 2.13. The van der Waals surface area contributed by atoms with Gasteiger partial charge in [0.05, 0.1) is 0 Å². The summed E-state index contributed by atoms with van der Waals surface area (Å²) in [5.41, 5.74) is 1.13. The molecule has 0 aliphatic carbocycles. The zero-order chi connectivity index (χ0) is 9.10. The van der Waals surface area contributed by atoms with E-state index in [9.17, 15) is 0 Å². The molecule has 2 heterocycles. The van der Waals surface area contributed by atoms with Crippen LogP contribution in [0.5, 0.6) is 0 Å². The second-order valence-electron chi connectivity index (χ2n) is 3.14. The highest BCUT2D eigenvalue weighted by molar-refractivity contribution is 9.10. The summed E-state index contributed by atoms with van der Waals surface area (Å²) in [5, 5.41) is 0. The van der Waals surface area contributed by atoms with E-state index in [0.717, 1.165) is 31.7 Å². The molecule has 2 rings (SSSR count). The molecule has 13 heavy (non-hydrogen) atoms. The van der Waals surface area contributed by atoms with Crippen LogP contribution in [0.3, 0.4) is 0 Å². The zero-order valence-electron chi connectivity index (χ0n) is 7.24. The van der Waals surface area contributed by atoms with Gasteiger partial charge >= 0.3 is 0 Å². The fraction of sp³-hybridized carbons (Fsp3) is 0.556. The van der Waals surface area contributed by atoms with Gasteiger partial charge in [-0.2, -0.15) is 0 Å². The van der Waals surface area contributed by atoms with Crippen molar-refractivity contribution in [2.24, 2.45) is 0 Å². The van der Waals surface area contributed by atoms with Gasteiger partial charge in [-0.25, -0.2) is 9.97 Å². The van der Waals surface area contributed by atoms with E-state index in [-0.39, 0.29) is 0 Å². The van der Waals surface area contributed by atoms with Crippen LogP contribution in [0.2, 0.25) is 0 Å². The first-order valence-electron chi connectivity index (χ1n) is 4.42. The van der Waals surface area contributed by atoms with Gasteiger partial charge in [-0.05, 0) is 34.8 Å². The Morgan fingerprint density at radius 3 is 2.85 bits per heavy atom. The largest absolute Gasteiger partial charge is 0.381 e. The van der Waals surface area contributed by atoms with Crippen molar-refractivity contribution in [2.75, 3.05) is 13.2 Å². The van der Waals surface area contributed by atoms with Crippen LogP contribution >= 0.6 is 15.9 Å². The second-order valence-corrected chi connectivity index (χ2v) is 3.85. The molecule has 1 aliphatic rings. The van der Waals surface area contributed by atoms with Crippen LogP contribution in [0.1, 0.15) is 24.5 Å². The molecule has 1 fully saturated rings. The Morgan fingerprint density at radius 1 is 1.38 bits per heavy atom. The number of hydrogen-bond acceptors (Lipinski definition) is 3. The Kier molecular flexibility index (Phi) is 2.90. The van der Waals surface area contributed by atoms with Crippen LogP contribution in [-0.2, 0) is 4.74 Å². The summed E-state index contributed by atoms with van der Waals surface area (Å²) in [7, 11) is 0. The van der Waals surface area contributed by atoms with Crippen LogP contribution in [0.15, 0.2) is 17.0 Å². The van der Waals surface area contributed by atoms with Crippen molar-refractivity contribution in [2.45, 2.75) is 18.8 Å². The average molecular weight is 243 g/mol. The molecule has 1 saturated heterocycles. The van der Waals surface area contributed by atoms with Gasteiger partial charge in [-0.1, -0.05) is 0 Å². The van der Waals surface area contributed by atoms with Crippen LogP contribution in [0.4, 0.5) is 0 Å². The maximum absolute atomic E-state index is 5.30. The first-order valence-corrected chi connectivity index (χ1v) is 5.22. The lowest BCUT2D eigenvalue weighted by Gasteiger charge is -2.21. The van der Waals surface area contributed by atoms with E-state index in [1.165, 1.54) is 0 Å². The number of halogens is 1. The SMILES string of the molecule is Brc1nccc(C2CCOCC2)n1. The van der Waals surface area contributed by atoms with Gasteiger partial charge in [0.1, 0.15) is 0 Å². The number of nitrogens with zero attached hydrogens (tertiary/aromatic N) is 2. The van der Waals surface area contributed by atoms with Gasteiger partial charge in [-0.15, -0.1) is 0 Å². The van der Waals surface area contributed by atoms with Crippen molar-refractivity contribution in [3.63, 3.8) is 0 Å². The second kappa shape index (κ2) is 4.15. The van der Waals surface area contributed by atoms with E-state index < -0.39 is 0 Å². The molecule has 70 valence electrons. The summed E-state index contributed by atoms with van der Waals surface area (Å²) in [4.78, 5) is 8.36. The number of rotatable bonds is 1. The van der Waals surface area contributed by atoms with Crippen molar-refractivity contribution in [3.05, 3.63) is 22.7 Å². The highest BCUT2D eigenvalue weighted by atomic mass is 79.9. The Bertz CT molecular complexity index is 287. The highest BCUT2D eigenvalue weighted by Crippen LogP contribution is 2.25. The summed E-state index contributed by atoms with van der Waals surface area (Å²) in [6.07, 6.45) is 3.94. The minimum absolute atomic E-state index is 0.549. The fourth-order valence-electron chi connectivity index (χ4n) is 1.57. The number of hydrogen-bond donors (Lipinski definition) is 0. The van der Waals surface area contributed by atoms with E-state index in [4.69, 9.17) is 4.74 Å². The minimum Gasteiger partial charge on any atom is -0.381 e. The third-order valence-corrected chi connectivity index (χ3v) is 2.67. The van der Waals surface area contributed by atoms with Crippen molar-refractivity contribution >= 4 is 15.9 Å². The van der Waals surface area contributed by atoms with Gasteiger partial charge in [0, 0.05) is 31.0 Å². The molecule has 1 aromatic heterocycles. The lowest BCUT2D eigenvalue weighted by Crippen LogP contribution is -2.15. The lowest BCUT2D eigenvalue weighted by atomic mass is 9.96. The first kappa shape index (κ1) is 9.09. The summed E-state index contributed by atoms with van der Waals surface area (Å²) in [6.45, 7) is 1.71. The van der Waals surface area contributed by atoms with Crippen molar-refractivity contribution < 1.29 is 4.74 Å². The van der Waals surface area contributed by atoms with Gasteiger partial charge in [0.25, 0.3) is 0 Å². The molecule has 0 aromatic carbocycles. The molecule has 0 saturated carbocycles. The van der Waals surface area contributed by atoms with Gasteiger partial charge in [0.15, 0.2) is 4.73 Å². The molecule has 0 spiro atoms. The Hall–Kier alpha value is -0.480. The summed E-state index contributed by atoms with van der Waals surface area (Å²) in [5.74, 6) is 0.549. The molecular weight excluding hydrogens is 232 g/mol. The zero-order valence-corrected chi connectivity index (χ0v) is 8.83. The van der Waals surface area contributed by atoms with Gasteiger partial charge in [0.2, 0.25) is 0 Å². The molecule has 4 heteroatoms. The predicted molar refractivity (Wildman–Crippen MR) is 52.5 cm³/mol. The molecule has 1 aliphatic heterocycles. The smallest absolute Gasteiger partial charge is 0.196 e. The third kappa shape index (κ3) is 2.25. The van der Waals surface area contributed by atoms with Crippen molar-refractivity contribution in [1.82, 2.24) is 9.97 Å². The third-order valence-electron chi connectivity index (χ3n) is 2.29. The van der Waals surface area contributed by atoms with Crippen molar-refractivity contribution in [1.29, 1.82) is 0 Å². The molecule has 0 radical (unpaired) electrons. The molecule has 0 atom stereocenters. The Balaban J connectivity index is 2.14. The van der Waals surface area contributed by atoms with E-state index >= 15 is 0 Å². The highest BCUT2D eigenvalue weighted by Gasteiger charge is 2.17. The molecule has 0 bridgehead atoms.